The number of nitrogens with zero attached hydrogens (tertiary/aromatic N) is 3. The Labute approximate surface area is 185 Å². The van der Waals surface area contributed by atoms with Crippen LogP contribution in [0.15, 0.2) is 54.6 Å². The molecule has 0 saturated carbocycles. The van der Waals surface area contributed by atoms with Crippen LogP contribution >= 0.6 is 0 Å². The van der Waals surface area contributed by atoms with Crippen LogP contribution in [0.25, 0.3) is 0 Å². The summed E-state index contributed by atoms with van der Waals surface area (Å²) in [4.78, 5) is 17.5. The molecule has 8 heteroatoms. The molecular formula is C23H31N3O4S. The van der Waals surface area contributed by atoms with Crippen molar-refractivity contribution in [1.82, 2.24) is 9.80 Å². The summed E-state index contributed by atoms with van der Waals surface area (Å²) in [5, 5.41) is 0. The van der Waals surface area contributed by atoms with Gasteiger partial charge < -0.3 is 9.64 Å². The molecule has 2 aromatic carbocycles. The van der Waals surface area contributed by atoms with Crippen LogP contribution in [0.4, 0.5) is 5.69 Å². The molecule has 1 aliphatic heterocycles. The number of piperazine rings is 1. The Balaban J connectivity index is 1.71. The molecule has 31 heavy (non-hydrogen) atoms. The van der Waals surface area contributed by atoms with E-state index >= 15 is 0 Å². The number of sulfonamides is 1. The topological polar surface area (TPSA) is 70.2 Å². The lowest BCUT2D eigenvalue weighted by molar-refractivity contribution is -0.134. The number of hydrogen-bond acceptors (Lipinski definition) is 5. The first-order valence-corrected chi connectivity index (χ1v) is 12.4. The zero-order valence-corrected chi connectivity index (χ0v) is 19.2. The molecule has 1 fully saturated rings. The van der Waals surface area contributed by atoms with Crippen molar-refractivity contribution in [1.29, 1.82) is 0 Å². The minimum Gasteiger partial charge on any atom is -0.497 e. The normalized spacial score (nSPS) is 16.0. The molecule has 1 atom stereocenters. The van der Waals surface area contributed by atoms with Gasteiger partial charge in [-0.2, -0.15) is 0 Å². The molecule has 7 nitrogen and oxygen atoms in total. The fourth-order valence-electron chi connectivity index (χ4n) is 3.95. The second-order valence-corrected chi connectivity index (χ2v) is 9.63. The number of carbonyl (C=O) groups is 1. The quantitative estimate of drug-likeness (QED) is 0.625. The van der Waals surface area contributed by atoms with Crippen molar-refractivity contribution in [3.8, 4) is 5.75 Å². The fourth-order valence-corrected chi connectivity index (χ4v) is 5.16. The summed E-state index contributed by atoms with van der Waals surface area (Å²) in [6.45, 7) is 5.39. The molecular weight excluding hydrogens is 414 g/mol. The van der Waals surface area contributed by atoms with E-state index in [4.69, 9.17) is 4.74 Å². The summed E-state index contributed by atoms with van der Waals surface area (Å²) < 4.78 is 31.7. The first kappa shape index (κ1) is 23.1. The monoisotopic (exact) mass is 445 g/mol. The summed E-state index contributed by atoms with van der Waals surface area (Å²) in [7, 11) is -2.09. The Bertz CT molecular complexity index is 956. The Morgan fingerprint density at radius 2 is 1.65 bits per heavy atom. The van der Waals surface area contributed by atoms with Crippen LogP contribution in [0.2, 0.25) is 0 Å². The zero-order chi connectivity index (χ0) is 22.4. The number of benzene rings is 2. The molecule has 0 aliphatic carbocycles. The second-order valence-electron chi connectivity index (χ2n) is 7.77. The highest BCUT2D eigenvalue weighted by Gasteiger charge is 2.35. The van der Waals surface area contributed by atoms with Crippen molar-refractivity contribution in [3.63, 3.8) is 0 Å². The average Bonchev–Trinajstić information content (AvgIpc) is 2.77. The molecule has 1 aliphatic rings. The van der Waals surface area contributed by atoms with Gasteiger partial charge in [-0.25, -0.2) is 8.42 Å². The van der Waals surface area contributed by atoms with Crippen LogP contribution in [0.5, 0.6) is 5.75 Å². The Hall–Kier alpha value is -2.58. The summed E-state index contributed by atoms with van der Waals surface area (Å²) in [6.07, 6.45) is 1.53. The lowest BCUT2D eigenvalue weighted by Gasteiger charge is -2.39. The number of methoxy groups -OCH3 is 1. The molecule has 2 aromatic rings. The van der Waals surface area contributed by atoms with E-state index in [-0.39, 0.29) is 5.91 Å². The van der Waals surface area contributed by atoms with Crippen molar-refractivity contribution in [2.24, 2.45) is 0 Å². The van der Waals surface area contributed by atoms with Crippen LogP contribution in [-0.4, -0.2) is 69.7 Å². The van der Waals surface area contributed by atoms with Crippen molar-refractivity contribution < 1.29 is 17.9 Å². The van der Waals surface area contributed by atoms with Crippen LogP contribution < -0.4 is 9.04 Å². The van der Waals surface area contributed by atoms with Gasteiger partial charge in [-0.1, -0.05) is 37.3 Å². The van der Waals surface area contributed by atoms with Crippen LogP contribution in [0.3, 0.4) is 0 Å². The predicted molar refractivity (Wildman–Crippen MR) is 123 cm³/mol. The molecule has 0 spiro atoms. The SMILES string of the molecule is CC[C@H](C(=O)N1CCN(Cc2ccccc2)CC1)N(c1ccc(OC)cc1)S(C)(=O)=O. The van der Waals surface area contributed by atoms with Gasteiger partial charge in [-0.15, -0.1) is 0 Å². The highest BCUT2D eigenvalue weighted by molar-refractivity contribution is 7.92. The maximum atomic E-state index is 13.4. The van der Waals surface area contributed by atoms with E-state index in [9.17, 15) is 13.2 Å². The van der Waals surface area contributed by atoms with E-state index in [1.807, 2.05) is 25.1 Å². The number of carbonyl (C=O) groups excluding carboxylic acids is 1. The van der Waals surface area contributed by atoms with Gasteiger partial charge in [-0.05, 0) is 36.2 Å². The van der Waals surface area contributed by atoms with Gasteiger partial charge in [-0.3, -0.25) is 14.0 Å². The molecule has 1 heterocycles. The molecule has 168 valence electrons. The number of ether oxygens (including phenoxy) is 1. The fraction of sp³-hybridized carbons (Fsp3) is 0.435. The van der Waals surface area contributed by atoms with Crippen LogP contribution in [-0.2, 0) is 21.4 Å². The summed E-state index contributed by atoms with van der Waals surface area (Å²) in [5.41, 5.74) is 1.71. The first-order chi connectivity index (χ1) is 14.8. The van der Waals surface area contributed by atoms with E-state index in [1.54, 1.807) is 36.3 Å². The Kier molecular flexibility index (Phi) is 7.56. The van der Waals surface area contributed by atoms with Gasteiger partial charge in [0.15, 0.2) is 0 Å². The maximum Gasteiger partial charge on any atom is 0.246 e. The smallest absolute Gasteiger partial charge is 0.246 e. The van der Waals surface area contributed by atoms with E-state index in [1.165, 1.54) is 9.87 Å². The van der Waals surface area contributed by atoms with E-state index < -0.39 is 16.1 Å². The molecule has 0 unspecified atom stereocenters. The number of rotatable bonds is 8. The van der Waals surface area contributed by atoms with Gasteiger partial charge >= 0.3 is 0 Å². The van der Waals surface area contributed by atoms with E-state index in [0.717, 1.165) is 25.9 Å². The molecule has 0 aromatic heterocycles. The summed E-state index contributed by atoms with van der Waals surface area (Å²) in [6, 6.07) is 16.2. The Morgan fingerprint density at radius 1 is 1.03 bits per heavy atom. The third kappa shape index (κ3) is 5.77. The Morgan fingerprint density at radius 3 is 2.16 bits per heavy atom. The summed E-state index contributed by atoms with van der Waals surface area (Å²) >= 11 is 0. The van der Waals surface area contributed by atoms with Gasteiger partial charge in [0.1, 0.15) is 11.8 Å². The van der Waals surface area contributed by atoms with Gasteiger partial charge in [0.05, 0.1) is 19.1 Å². The molecule has 0 bridgehead atoms. The summed E-state index contributed by atoms with van der Waals surface area (Å²) in [5.74, 6) is 0.481. The van der Waals surface area contributed by atoms with E-state index in [0.29, 0.717) is 30.9 Å². The minimum atomic E-state index is -3.65. The average molecular weight is 446 g/mol. The van der Waals surface area contributed by atoms with Gasteiger partial charge in [0, 0.05) is 32.7 Å². The lowest BCUT2D eigenvalue weighted by Crippen LogP contribution is -2.55. The molecule has 3 rings (SSSR count). The first-order valence-electron chi connectivity index (χ1n) is 10.5. The molecule has 1 saturated heterocycles. The van der Waals surface area contributed by atoms with Crippen molar-refractivity contribution >= 4 is 21.6 Å². The van der Waals surface area contributed by atoms with Gasteiger partial charge in [0.2, 0.25) is 15.9 Å². The van der Waals surface area contributed by atoms with E-state index in [2.05, 4.69) is 17.0 Å². The lowest BCUT2D eigenvalue weighted by atomic mass is 10.1. The van der Waals surface area contributed by atoms with Crippen molar-refractivity contribution in [2.45, 2.75) is 25.9 Å². The van der Waals surface area contributed by atoms with Crippen LogP contribution in [0.1, 0.15) is 18.9 Å². The second kappa shape index (κ2) is 10.2. The highest BCUT2D eigenvalue weighted by Crippen LogP contribution is 2.26. The predicted octanol–water partition coefficient (Wildman–Crippen LogP) is 2.58. The van der Waals surface area contributed by atoms with Crippen molar-refractivity contribution in [2.75, 3.05) is 43.8 Å². The highest BCUT2D eigenvalue weighted by atomic mass is 32.2. The van der Waals surface area contributed by atoms with Gasteiger partial charge in [0.25, 0.3) is 0 Å². The third-order valence-corrected chi connectivity index (χ3v) is 6.75. The van der Waals surface area contributed by atoms with Crippen molar-refractivity contribution in [3.05, 3.63) is 60.2 Å². The molecule has 0 N–H and O–H groups in total. The number of amides is 1. The number of anilines is 1. The third-order valence-electron chi connectivity index (χ3n) is 5.57. The molecule has 1 amide bonds. The largest absolute Gasteiger partial charge is 0.497 e. The standard InChI is InChI=1S/C23H31N3O4S/c1-4-22(26(31(3,28)29)20-10-12-21(30-2)13-11-20)23(27)25-16-14-24(15-17-25)18-19-8-6-5-7-9-19/h5-13,22H,4,14-18H2,1-3H3/t22-/m1/s1. The zero-order valence-electron chi connectivity index (χ0n) is 18.4. The molecule has 0 radical (unpaired) electrons. The number of hydrogen-bond donors (Lipinski definition) is 0. The van der Waals surface area contributed by atoms with Crippen LogP contribution in [0, 0.1) is 0 Å². The maximum absolute atomic E-state index is 13.4. The minimum absolute atomic E-state index is 0.150.